The third kappa shape index (κ3) is 13.1. The fourth-order valence-electron chi connectivity index (χ4n) is 18.1. The van der Waals surface area contributed by atoms with E-state index >= 15 is 0 Å². The molecule has 0 aliphatic rings. The molecule has 0 saturated heterocycles. The zero-order valence-electron chi connectivity index (χ0n) is 67.3. The van der Waals surface area contributed by atoms with Crippen molar-refractivity contribution in [2.24, 2.45) is 0 Å². The number of hydrogen-bond acceptors (Lipinski definition) is 5. The van der Waals surface area contributed by atoms with Gasteiger partial charge in [0.15, 0.2) is 23.3 Å². The van der Waals surface area contributed by atoms with Crippen LogP contribution in [0.25, 0.3) is 223 Å². The van der Waals surface area contributed by atoms with Crippen LogP contribution in [0.3, 0.4) is 0 Å². The van der Waals surface area contributed by atoms with E-state index < -0.39 is 0 Å². The van der Waals surface area contributed by atoms with Gasteiger partial charge < -0.3 is 18.3 Å². The predicted molar refractivity (Wildman–Crippen MR) is 514 cm³/mol. The van der Waals surface area contributed by atoms with Gasteiger partial charge in [0.1, 0.15) is 0 Å². The Morgan fingerprint density at radius 3 is 0.702 bits per heavy atom. The zero-order valence-corrected chi connectivity index (χ0v) is 67.3. The average molecular weight is 1580 g/mol. The summed E-state index contributed by atoms with van der Waals surface area (Å²) in [7, 11) is 0. The smallest absolute Gasteiger partial charge is 0.164 e. The summed E-state index contributed by atoms with van der Waals surface area (Å²) in [4.78, 5) is 24.7. The van der Waals surface area contributed by atoms with Gasteiger partial charge in [0.05, 0.1) is 55.5 Å². The minimum Gasteiger partial charge on any atom is -0.309 e. The maximum atomic E-state index is 5.04. The number of nitrogens with zero attached hydrogens (tertiary/aromatic N) is 9. The van der Waals surface area contributed by atoms with E-state index in [0.717, 1.165) is 89.8 Å². The van der Waals surface area contributed by atoms with Crippen LogP contribution in [-0.2, 0) is 0 Å². The highest BCUT2D eigenvalue weighted by Crippen LogP contribution is 2.43. The lowest BCUT2D eigenvalue weighted by atomic mass is 10.0. The Kier molecular flexibility index (Phi) is 18.0. The van der Waals surface area contributed by atoms with Crippen molar-refractivity contribution in [1.29, 1.82) is 0 Å². The fraction of sp³-hybridized carbons (Fsp3) is 0. The van der Waals surface area contributed by atoms with Crippen molar-refractivity contribution in [2.75, 3.05) is 0 Å². The highest BCUT2D eigenvalue weighted by atomic mass is 15.0. The van der Waals surface area contributed by atoms with Crippen LogP contribution in [0.5, 0.6) is 0 Å². The summed E-state index contributed by atoms with van der Waals surface area (Å²) in [5, 5.41) is 9.95. The van der Waals surface area contributed by atoms with E-state index in [9.17, 15) is 0 Å². The molecule has 0 radical (unpaired) electrons. The molecule has 0 saturated carbocycles. The largest absolute Gasteiger partial charge is 0.309 e. The van der Waals surface area contributed by atoms with E-state index in [0.29, 0.717) is 23.3 Å². The second-order valence-corrected chi connectivity index (χ2v) is 31.5. The van der Waals surface area contributed by atoms with E-state index in [2.05, 4.69) is 376 Å². The van der Waals surface area contributed by atoms with E-state index in [1.807, 2.05) is 97.1 Å². The van der Waals surface area contributed by atoms with Crippen molar-refractivity contribution < 1.29 is 0 Å². The van der Waals surface area contributed by atoms with Gasteiger partial charge in [-0.15, -0.1) is 0 Å². The van der Waals surface area contributed by atoms with Gasteiger partial charge in [-0.1, -0.05) is 340 Å². The molecule has 9 heteroatoms. The summed E-state index contributed by atoms with van der Waals surface area (Å²) in [5.74, 6) is 2.66. The maximum absolute atomic E-state index is 5.04. The van der Waals surface area contributed by atoms with E-state index in [-0.39, 0.29) is 0 Å². The Hall–Kier alpha value is -16.8. The topological polar surface area (TPSA) is 84.2 Å². The highest BCUT2D eigenvalue weighted by Gasteiger charge is 2.22. The summed E-state index contributed by atoms with van der Waals surface area (Å²) >= 11 is 0. The first-order valence-corrected chi connectivity index (χ1v) is 42.0. The van der Waals surface area contributed by atoms with E-state index in [4.69, 9.17) is 24.9 Å². The SMILES string of the molecule is c1ccc(-c2cc(-c3ccc(-c4ccc(-n5c6ccccc6c6ccc(-c7ccc8c(c7)c7ccccc7n8-c7ccccc7)cc65)cc4)cc3)nc(-c3ccccc3)n2)cc1.c1ccc(-c2nc(-c3ccccc3)nc(-c3ccc(-c4ccc(-n5c6ccccc6c6cc(-c7ccc8c9ccccc9n(-c9ccccc9)c8c7)ccc65)cc4)cc3)n2)cc1. The van der Waals surface area contributed by atoms with Crippen molar-refractivity contribution >= 4 is 87.2 Å². The van der Waals surface area contributed by atoms with Crippen molar-refractivity contribution in [3.63, 3.8) is 0 Å². The summed E-state index contributed by atoms with van der Waals surface area (Å²) in [6, 6.07) is 162. The molecule has 0 amide bonds. The Morgan fingerprint density at radius 1 is 0.121 bits per heavy atom. The lowest BCUT2D eigenvalue weighted by Gasteiger charge is -2.12. The summed E-state index contributed by atoms with van der Waals surface area (Å²) in [6.07, 6.45) is 0. The standard InChI is InChI=1S/C58H38N4.C57H37N5/c1-4-14-41(15-5-1)52-38-53(60-58(59-52)43-16-6-2-7-17-43)42-26-24-39(25-27-42)40-28-32-47(33-29-40)62-54-22-12-10-20-48(54)50-34-30-45(37-57(50)62)44-31-35-56-51(36-44)49-21-11-13-23-55(49)61(56)46-18-8-3-9-19-46;1-4-14-40(15-5-1)55-58-56(41-16-6-2-7-17-41)60-57(59-55)42-26-24-38(25-27-42)39-28-32-46(33-29-39)61-52-23-13-11-21-48(52)50-36-43(31-35-53(50)61)44-30-34-49-47-20-10-12-22-51(47)62(54(49)37-44)45-18-8-3-9-19-45/h1-38H;1-37H. The Morgan fingerprint density at radius 2 is 0.339 bits per heavy atom. The summed E-state index contributed by atoms with van der Waals surface area (Å²) < 4.78 is 9.54. The summed E-state index contributed by atoms with van der Waals surface area (Å²) in [6.45, 7) is 0. The normalized spacial score (nSPS) is 11.5. The first-order chi connectivity index (χ1) is 61.5. The molecule has 0 aliphatic heterocycles. The molecule has 0 fully saturated rings. The van der Waals surface area contributed by atoms with Gasteiger partial charge in [-0.25, -0.2) is 24.9 Å². The third-order valence-electron chi connectivity index (χ3n) is 24.2. The third-order valence-corrected chi connectivity index (χ3v) is 24.2. The number of rotatable bonds is 14. The molecule has 0 spiro atoms. The van der Waals surface area contributed by atoms with Crippen molar-refractivity contribution in [3.05, 3.63) is 455 Å². The van der Waals surface area contributed by atoms with E-state index in [1.54, 1.807) is 0 Å². The van der Waals surface area contributed by atoms with Gasteiger partial charge in [0, 0.05) is 99.2 Å². The fourth-order valence-corrected chi connectivity index (χ4v) is 18.1. The molecule has 9 nitrogen and oxygen atoms in total. The van der Waals surface area contributed by atoms with Gasteiger partial charge in [-0.05, 0) is 160 Å². The van der Waals surface area contributed by atoms with Gasteiger partial charge >= 0.3 is 0 Å². The van der Waals surface area contributed by atoms with Crippen LogP contribution >= 0.6 is 0 Å². The summed E-state index contributed by atoms with van der Waals surface area (Å²) in [5.41, 5.74) is 31.2. The van der Waals surface area contributed by atoms with Crippen molar-refractivity contribution in [3.8, 4) is 135 Å². The highest BCUT2D eigenvalue weighted by molar-refractivity contribution is 6.15. The minimum atomic E-state index is 0.644. The van der Waals surface area contributed by atoms with Crippen molar-refractivity contribution in [1.82, 2.24) is 43.2 Å². The predicted octanol–water partition coefficient (Wildman–Crippen LogP) is 29.4. The Balaban J connectivity index is 0.000000143. The lowest BCUT2D eigenvalue weighted by Crippen LogP contribution is -2.00. The quantitative estimate of drug-likeness (QED) is 0.108. The first-order valence-electron chi connectivity index (χ1n) is 42.0. The molecule has 6 heterocycles. The van der Waals surface area contributed by atoms with Crippen LogP contribution in [-0.4, -0.2) is 43.2 Å². The van der Waals surface area contributed by atoms with Crippen LogP contribution in [0, 0.1) is 0 Å². The second-order valence-electron chi connectivity index (χ2n) is 31.5. The molecule has 24 aromatic rings. The molecule has 0 atom stereocenters. The van der Waals surface area contributed by atoms with Crippen molar-refractivity contribution in [2.45, 2.75) is 0 Å². The maximum Gasteiger partial charge on any atom is 0.164 e. The second kappa shape index (κ2) is 30.9. The average Bonchev–Trinajstić information content (AvgIpc) is 1.59. The number of fused-ring (bicyclic) bond motifs is 12. The Bertz CT molecular complexity index is 8030. The molecule has 6 aromatic heterocycles. The monoisotopic (exact) mass is 1580 g/mol. The molecule has 124 heavy (non-hydrogen) atoms. The molecule has 18 aromatic carbocycles. The van der Waals surface area contributed by atoms with Crippen LogP contribution < -0.4 is 0 Å². The molecule has 24 rings (SSSR count). The van der Waals surface area contributed by atoms with Crippen LogP contribution in [0.1, 0.15) is 0 Å². The molecule has 0 bridgehead atoms. The van der Waals surface area contributed by atoms with Crippen LogP contribution in [0.15, 0.2) is 455 Å². The van der Waals surface area contributed by atoms with Crippen LogP contribution in [0.4, 0.5) is 0 Å². The minimum absolute atomic E-state index is 0.644. The number of hydrogen-bond donors (Lipinski definition) is 0. The Labute approximate surface area is 716 Å². The molecule has 0 aliphatic carbocycles. The van der Waals surface area contributed by atoms with Gasteiger partial charge in [0.2, 0.25) is 0 Å². The molecular formula is C115H75N9. The van der Waals surface area contributed by atoms with Gasteiger partial charge in [0.25, 0.3) is 0 Å². The first kappa shape index (κ1) is 72.5. The number of para-hydroxylation sites is 6. The number of benzene rings is 18. The lowest BCUT2D eigenvalue weighted by molar-refractivity contribution is 1.07. The van der Waals surface area contributed by atoms with Crippen LogP contribution in [0.2, 0.25) is 0 Å². The van der Waals surface area contributed by atoms with E-state index in [1.165, 1.54) is 109 Å². The molecule has 580 valence electrons. The zero-order chi connectivity index (χ0) is 82.0. The van der Waals surface area contributed by atoms with Gasteiger partial charge in [-0.3, -0.25) is 0 Å². The molecule has 0 unspecified atom stereocenters. The number of aromatic nitrogens is 9. The molecule has 0 N–H and O–H groups in total. The van der Waals surface area contributed by atoms with Gasteiger partial charge in [-0.2, -0.15) is 0 Å². The molecular weight excluding hydrogens is 1510 g/mol.